The van der Waals surface area contributed by atoms with E-state index in [2.05, 4.69) is 32.9 Å². The van der Waals surface area contributed by atoms with Gasteiger partial charge in [0.15, 0.2) is 0 Å². The first-order chi connectivity index (χ1) is 5.57. The Kier molecular flexibility index (Phi) is 2.78. The van der Waals surface area contributed by atoms with Gasteiger partial charge in [0, 0.05) is 16.1 Å². The first-order valence-corrected chi connectivity index (χ1v) is 4.88. The molecule has 12 heavy (non-hydrogen) atoms. The molecule has 0 N–H and O–H groups in total. The van der Waals surface area contributed by atoms with Crippen LogP contribution in [0.4, 0.5) is 0 Å². The molecule has 0 amide bonds. The number of allylic oxidation sites excluding steroid dienone is 2. The molecule has 0 radical (unpaired) electrons. The van der Waals surface area contributed by atoms with Crippen molar-refractivity contribution in [1.29, 1.82) is 0 Å². The van der Waals surface area contributed by atoms with E-state index in [0.717, 1.165) is 6.29 Å². The minimum absolute atomic E-state index is 0.00829. The van der Waals surface area contributed by atoms with Gasteiger partial charge >= 0.3 is 0 Å². The summed E-state index contributed by atoms with van der Waals surface area (Å²) in [6, 6.07) is 0. The predicted molar refractivity (Wildman–Crippen MR) is 54.2 cm³/mol. The van der Waals surface area contributed by atoms with E-state index >= 15 is 0 Å². The normalized spacial score (nSPS) is 27.8. The van der Waals surface area contributed by atoms with Crippen LogP contribution in [0.5, 0.6) is 0 Å². The summed E-state index contributed by atoms with van der Waals surface area (Å²) in [5.41, 5.74) is 1.32. The first-order valence-electron chi connectivity index (χ1n) is 4.07. The van der Waals surface area contributed by atoms with Gasteiger partial charge in [0.2, 0.25) is 0 Å². The lowest BCUT2D eigenvalue weighted by atomic mass is 10.1. The molecule has 1 nitrogen and oxygen atoms in total. The molecule has 66 valence electrons. The zero-order valence-corrected chi connectivity index (χ0v) is 8.57. The molecule has 0 aromatic carbocycles. The maximum atomic E-state index is 10.4. The molecular weight excluding hydrogens is 168 g/mol. The number of aldehydes is 1. The molecule has 1 unspecified atom stereocenters. The summed E-state index contributed by atoms with van der Waals surface area (Å²) in [7, 11) is 0. The molecule has 1 atom stereocenters. The van der Waals surface area contributed by atoms with Crippen molar-refractivity contribution >= 4 is 18.0 Å². The van der Waals surface area contributed by atoms with Gasteiger partial charge in [0.25, 0.3) is 0 Å². The van der Waals surface area contributed by atoms with E-state index in [4.69, 9.17) is 0 Å². The summed E-state index contributed by atoms with van der Waals surface area (Å²) in [5, 5.41) is 0. The summed E-state index contributed by atoms with van der Waals surface area (Å²) in [6.45, 7) is 6.29. The zero-order valence-electron chi connectivity index (χ0n) is 7.76. The highest BCUT2D eigenvalue weighted by Gasteiger charge is 2.27. The number of thioether (sulfide) groups is 1. The molecule has 1 aliphatic heterocycles. The van der Waals surface area contributed by atoms with Crippen molar-refractivity contribution in [3.8, 4) is 0 Å². The lowest BCUT2D eigenvalue weighted by molar-refractivity contribution is -0.108. The van der Waals surface area contributed by atoms with Gasteiger partial charge in [0.05, 0.1) is 0 Å². The lowest BCUT2D eigenvalue weighted by Gasteiger charge is -2.17. The highest BCUT2D eigenvalue weighted by molar-refractivity contribution is 8.05. The zero-order chi connectivity index (χ0) is 9.19. The number of hydrogen-bond acceptors (Lipinski definition) is 2. The van der Waals surface area contributed by atoms with Gasteiger partial charge in [-0.3, -0.25) is 0 Å². The smallest absolute Gasteiger partial charge is 0.121 e. The second-order valence-electron chi connectivity index (χ2n) is 3.48. The van der Waals surface area contributed by atoms with Crippen molar-refractivity contribution in [2.45, 2.75) is 31.9 Å². The average Bonchev–Trinajstić information content (AvgIpc) is 2.33. The Bertz CT molecular complexity index is 249. The fraction of sp³-hybridized carbons (Fsp3) is 0.500. The molecule has 0 aliphatic carbocycles. The van der Waals surface area contributed by atoms with Crippen LogP contribution in [0.25, 0.3) is 0 Å². The van der Waals surface area contributed by atoms with Gasteiger partial charge in [0.1, 0.15) is 6.29 Å². The molecular formula is C10H14OS. The number of carbonyl (C=O) groups is 1. The Morgan fingerprint density at radius 1 is 1.67 bits per heavy atom. The van der Waals surface area contributed by atoms with Crippen LogP contribution in [0.2, 0.25) is 0 Å². The van der Waals surface area contributed by atoms with Crippen molar-refractivity contribution in [2.75, 3.05) is 0 Å². The van der Waals surface area contributed by atoms with Crippen LogP contribution in [0.15, 0.2) is 22.6 Å². The highest BCUT2D eigenvalue weighted by Crippen LogP contribution is 2.43. The standard InChI is InChI=1S/C10H14OS/c1-8(2)9-4-5-10(3,12-9)6-7-11/h4-5,7H,6H2,1-3H3. The monoisotopic (exact) mass is 182 g/mol. The summed E-state index contributed by atoms with van der Waals surface area (Å²) >= 11 is 1.78. The van der Waals surface area contributed by atoms with E-state index in [0.29, 0.717) is 6.42 Å². The Balaban J connectivity index is 2.75. The van der Waals surface area contributed by atoms with Crippen molar-refractivity contribution in [2.24, 2.45) is 0 Å². The fourth-order valence-corrected chi connectivity index (χ4v) is 2.25. The quantitative estimate of drug-likeness (QED) is 0.611. The topological polar surface area (TPSA) is 17.1 Å². The van der Waals surface area contributed by atoms with E-state index in [1.165, 1.54) is 10.5 Å². The van der Waals surface area contributed by atoms with Crippen LogP contribution in [0, 0.1) is 0 Å². The molecule has 0 aromatic heterocycles. The van der Waals surface area contributed by atoms with Crippen LogP contribution in [0.3, 0.4) is 0 Å². The summed E-state index contributed by atoms with van der Waals surface area (Å²) < 4.78 is 0.00829. The number of carbonyl (C=O) groups excluding carboxylic acids is 1. The predicted octanol–water partition coefficient (Wildman–Crippen LogP) is 2.93. The largest absolute Gasteiger partial charge is 0.303 e. The molecule has 2 heteroatoms. The number of rotatable bonds is 2. The molecule has 1 aliphatic rings. The molecule has 0 aromatic rings. The SMILES string of the molecule is CC(C)=C1C=CC(C)(CC=O)S1. The molecule has 0 saturated carbocycles. The third kappa shape index (κ3) is 2.01. The second-order valence-corrected chi connectivity index (χ2v) is 5.06. The third-order valence-corrected chi connectivity index (χ3v) is 3.45. The van der Waals surface area contributed by atoms with Crippen LogP contribution in [-0.2, 0) is 4.79 Å². The van der Waals surface area contributed by atoms with Gasteiger partial charge in [-0.1, -0.05) is 17.7 Å². The van der Waals surface area contributed by atoms with E-state index in [-0.39, 0.29) is 4.75 Å². The van der Waals surface area contributed by atoms with Crippen LogP contribution >= 0.6 is 11.8 Å². The maximum Gasteiger partial charge on any atom is 0.121 e. The maximum absolute atomic E-state index is 10.4. The summed E-state index contributed by atoms with van der Waals surface area (Å²) in [4.78, 5) is 11.7. The van der Waals surface area contributed by atoms with Crippen molar-refractivity contribution < 1.29 is 4.79 Å². The summed E-state index contributed by atoms with van der Waals surface area (Å²) in [5.74, 6) is 0. The number of hydrogen-bond donors (Lipinski definition) is 0. The van der Waals surface area contributed by atoms with E-state index in [9.17, 15) is 4.79 Å². The van der Waals surface area contributed by atoms with Gasteiger partial charge < -0.3 is 4.79 Å². The van der Waals surface area contributed by atoms with Gasteiger partial charge in [-0.25, -0.2) is 0 Å². The molecule has 0 spiro atoms. The van der Waals surface area contributed by atoms with E-state index < -0.39 is 0 Å². The van der Waals surface area contributed by atoms with Crippen molar-refractivity contribution in [1.82, 2.24) is 0 Å². The fourth-order valence-electron chi connectivity index (χ4n) is 1.12. The van der Waals surface area contributed by atoms with Crippen molar-refractivity contribution in [3.05, 3.63) is 22.6 Å². The highest BCUT2D eigenvalue weighted by atomic mass is 32.2. The minimum Gasteiger partial charge on any atom is -0.303 e. The van der Waals surface area contributed by atoms with E-state index in [1.54, 1.807) is 11.8 Å². The molecule has 0 fully saturated rings. The van der Waals surface area contributed by atoms with Crippen LogP contribution < -0.4 is 0 Å². The van der Waals surface area contributed by atoms with Crippen LogP contribution in [-0.4, -0.2) is 11.0 Å². The molecule has 0 bridgehead atoms. The van der Waals surface area contributed by atoms with Crippen molar-refractivity contribution in [3.63, 3.8) is 0 Å². The second kappa shape index (κ2) is 3.48. The molecule has 1 heterocycles. The van der Waals surface area contributed by atoms with Gasteiger partial charge in [-0.15, -0.1) is 11.8 Å². The minimum atomic E-state index is 0.00829. The third-order valence-electron chi connectivity index (χ3n) is 1.91. The average molecular weight is 182 g/mol. The van der Waals surface area contributed by atoms with Gasteiger partial charge in [-0.2, -0.15) is 0 Å². The Morgan fingerprint density at radius 2 is 2.33 bits per heavy atom. The first kappa shape index (κ1) is 9.59. The molecule has 0 saturated heterocycles. The Morgan fingerprint density at radius 3 is 2.75 bits per heavy atom. The van der Waals surface area contributed by atoms with Gasteiger partial charge in [-0.05, 0) is 20.8 Å². The van der Waals surface area contributed by atoms with Crippen LogP contribution in [0.1, 0.15) is 27.2 Å². The Hall–Kier alpha value is -0.500. The van der Waals surface area contributed by atoms with E-state index in [1.807, 2.05) is 0 Å². The summed E-state index contributed by atoms with van der Waals surface area (Å²) in [6.07, 6.45) is 5.83. The Labute approximate surface area is 77.9 Å². The lowest BCUT2D eigenvalue weighted by Crippen LogP contribution is -2.13. The molecule has 1 rings (SSSR count).